The number of hydrogen-bond acceptors (Lipinski definition) is 4. The van der Waals surface area contributed by atoms with Gasteiger partial charge in [-0.25, -0.2) is 4.98 Å². The summed E-state index contributed by atoms with van der Waals surface area (Å²) in [5.41, 5.74) is 0.261. The summed E-state index contributed by atoms with van der Waals surface area (Å²) in [5.74, 6) is -0.787. The molecule has 7 nitrogen and oxygen atoms in total. The van der Waals surface area contributed by atoms with Gasteiger partial charge >= 0.3 is 0 Å². The predicted molar refractivity (Wildman–Crippen MR) is 81.2 cm³/mol. The molecule has 1 fully saturated rings. The number of aromatic amines is 1. The smallest absolute Gasteiger partial charge is 0.270 e. The van der Waals surface area contributed by atoms with Crippen LogP contribution in [-0.2, 0) is 4.79 Å². The topological polar surface area (TPSA) is 107 Å². The zero-order chi connectivity index (χ0) is 15.8. The summed E-state index contributed by atoms with van der Waals surface area (Å²) in [7, 11) is 0. The van der Waals surface area contributed by atoms with E-state index < -0.39 is 18.6 Å². The molecule has 1 aliphatic rings. The van der Waals surface area contributed by atoms with E-state index in [0.29, 0.717) is 0 Å². The lowest BCUT2D eigenvalue weighted by atomic mass is 9.96. The third-order valence-corrected chi connectivity index (χ3v) is 4.00. The van der Waals surface area contributed by atoms with Crippen molar-refractivity contribution in [2.24, 2.45) is 0 Å². The van der Waals surface area contributed by atoms with Crippen LogP contribution in [0.25, 0.3) is 0 Å². The third kappa shape index (κ3) is 4.84. The monoisotopic (exact) mass is 308 g/mol. The van der Waals surface area contributed by atoms with Gasteiger partial charge < -0.3 is 20.7 Å². The number of carbonyl (C=O) groups is 2. The van der Waals surface area contributed by atoms with Crippen molar-refractivity contribution in [3.8, 4) is 0 Å². The van der Waals surface area contributed by atoms with Crippen LogP contribution in [0.15, 0.2) is 12.5 Å². The molecule has 122 valence electrons. The molecule has 0 saturated heterocycles. The van der Waals surface area contributed by atoms with Gasteiger partial charge in [-0.1, -0.05) is 32.1 Å². The van der Waals surface area contributed by atoms with Crippen molar-refractivity contribution >= 4 is 11.8 Å². The van der Waals surface area contributed by atoms with Crippen molar-refractivity contribution in [3.63, 3.8) is 0 Å². The molecule has 2 amide bonds. The van der Waals surface area contributed by atoms with Crippen molar-refractivity contribution in [2.45, 2.75) is 57.0 Å². The fraction of sp³-hybridized carbons (Fsp3) is 0.667. The molecule has 0 radical (unpaired) electrons. The minimum atomic E-state index is -0.943. The first-order valence-corrected chi connectivity index (χ1v) is 7.91. The first-order valence-electron chi connectivity index (χ1n) is 7.91. The first kappa shape index (κ1) is 16.5. The van der Waals surface area contributed by atoms with E-state index in [0.717, 1.165) is 25.7 Å². The van der Waals surface area contributed by atoms with Gasteiger partial charge in [0.1, 0.15) is 11.7 Å². The summed E-state index contributed by atoms with van der Waals surface area (Å²) in [6, 6.07) is -0.813. The van der Waals surface area contributed by atoms with Crippen LogP contribution in [0, 0.1) is 0 Å². The lowest BCUT2D eigenvalue weighted by Crippen LogP contribution is -2.51. The van der Waals surface area contributed by atoms with Gasteiger partial charge in [0.05, 0.1) is 19.1 Å². The van der Waals surface area contributed by atoms with Gasteiger partial charge in [-0.15, -0.1) is 0 Å². The van der Waals surface area contributed by atoms with Crippen molar-refractivity contribution in [2.75, 3.05) is 6.61 Å². The van der Waals surface area contributed by atoms with Crippen molar-refractivity contribution in [3.05, 3.63) is 18.2 Å². The average Bonchev–Trinajstić information content (AvgIpc) is 3.01. The predicted octanol–water partition coefficient (Wildman–Crippen LogP) is 0.729. The summed E-state index contributed by atoms with van der Waals surface area (Å²) in [6.45, 7) is -0.432. The molecule has 0 aliphatic heterocycles. The highest BCUT2D eigenvalue weighted by atomic mass is 16.3. The molecule has 0 unspecified atom stereocenters. The van der Waals surface area contributed by atoms with E-state index in [9.17, 15) is 14.7 Å². The zero-order valence-corrected chi connectivity index (χ0v) is 12.7. The number of hydrogen-bond donors (Lipinski definition) is 4. The van der Waals surface area contributed by atoms with Gasteiger partial charge in [0.25, 0.3) is 5.91 Å². The highest BCUT2D eigenvalue weighted by Gasteiger charge is 2.23. The molecule has 1 aromatic rings. The molecule has 1 aromatic heterocycles. The van der Waals surface area contributed by atoms with Crippen molar-refractivity contribution in [1.82, 2.24) is 20.6 Å². The second kappa shape index (κ2) is 8.53. The van der Waals surface area contributed by atoms with Crippen LogP contribution in [0.3, 0.4) is 0 Å². The Labute approximate surface area is 129 Å². The third-order valence-electron chi connectivity index (χ3n) is 4.00. The maximum atomic E-state index is 12.2. The maximum absolute atomic E-state index is 12.2. The maximum Gasteiger partial charge on any atom is 0.270 e. The zero-order valence-electron chi connectivity index (χ0n) is 12.7. The van der Waals surface area contributed by atoms with E-state index in [4.69, 9.17) is 0 Å². The van der Waals surface area contributed by atoms with Gasteiger partial charge in [-0.3, -0.25) is 9.59 Å². The molecule has 1 saturated carbocycles. The van der Waals surface area contributed by atoms with E-state index in [2.05, 4.69) is 20.6 Å². The van der Waals surface area contributed by atoms with Crippen LogP contribution in [-0.4, -0.2) is 45.6 Å². The number of imidazole rings is 1. The highest BCUT2D eigenvalue weighted by Crippen LogP contribution is 2.17. The Bertz CT molecular complexity index is 467. The first-order chi connectivity index (χ1) is 10.7. The van der Waals surface area contributed by atoms with Crippen LogP contribution >= 0.6 is 0 Å². The average molecular weight is 308 g/mol. The Morgan fingerprint density at radius 1 is 1.27 bits per heavy atom. The molecule has 2 rings (SSSR count). The van der Waals surface area contributed by atoms with Gasteiger partial charge in [-0.2, -0.15) is 0 Å². The lowest BCUT2D eigenvalue weighted by molar-refractivity contribution is -0.124. The minimum Gasteiger partial charge on any atom is -0.394 e. The van der Waals surface area contributed by atoms with Gasteiger partial charge in [0.15, 0.2) is 0 Å². The molecule has 0 bridgehead atoms. The van der Waals surface area contributed by atoms with Crippen molar-refractivity contribution < 1.29 is 14.7 Å². The second-order valence-corrected chi connectivity index (χ2v) is 5.72. The summed E-state index contributed by atoms with van der Waals surface area (Å²) in [6.07, 6.45) is 10.5. The molecular weight excluding hydrogens is 284 g/mol. The Morgan fingerprint density at radius 2 is 1.95 bits per heavy atom. The second-order valence-electron chi connectivity index (χ2n) is 5.72. The minimum absolute atomic E-state index is 0.130. The Kier molecular flexibility index (Phi) is 6.39. The van der Waals surface area contributed by atoms with Gasteiger partial charge in [-0.05, 0) is 12.8 Å². The van der Waals surface area contributed by atoms with Gasteiger partial charge in [0.2, 0.25) is 5.91 Å². The fourth-order valence-corrected chi connectivity index (χ4v) is 2.71. The molecule has 1 atom stereocenters. The molecule has 0 aromatic carbocycles. The molecule has 1 aliphatic carbocycles. The number of H-pyrrole nitrogens is 1. The quantitative estimate of drug-likeness (QED) is 0.643. The Morgan fingerprint density at radius 3 is 2.55 bits per heavy atom. The van der Waals surface area contributed by atoms with Crippen LogP contribution < -0.4 is 10.6 Å². The summed E-state index contributed by atoms with van der Waals surface area (Å²) in [4.78, 5) is 30.6. The van der Waals surface area contributed by atoms with Crippen molar-refractivity contribution in [1.29, 1.82) is 0 Å². The summed E-state index contributed by atoms with van der Waals surface area (Å²) < 4.78 is 0. The summed E-state index contributed by atoms with van der Waals surface area (Å²) >= 11 is 0. The lowest BCUT2D eigenvalue weighted by Gasteiger charge is -2.24. The normalized spacial score (nSPS) is 18.0. The fourth-order valence-electron chi connectivity index (χ4n) is 2.71. The van der Waals surface area contributed by atoms with E-state index >= 15 is 0 Å². The Hall–Kier alpha value is -1.89. The van der Waals surface area contributed by atoms with Crippen LogP contribution in [0.5, 0.6) is 0 Å². The number of carbonyl (C=O) groups excluding carboxylic acids is 2. The standard InChI is InChI=1S/C15H24N4O3/c20-9-13(19-14(21)12-8-16-10-17-12)15(22)18-11-6-4-2-1-3-5-7-11/h8,10-11,13,20H,1-7,9H2,(H,16,17)(H,18,22)(H,19,21)/t13-/m0/s1. The largest absolute Gasteiger partial charge is 0.394 e. The van der Waals surface area contributed by atoms with E-state index in [1.807, 2.05) is 0 Å². The Balaban J connectivity index is 1.86. The molecule has 7 heteroatoms. The molecule has 4 N–H and O–H groups in total. The van der Waals surface area contributed by atoms with Crippen LogP contribution in [0.4, 0.5) is 0 Å². The number of nitrogens with one attached hydrogen (secondary N) is 3. The van der Waals surface area contributed by atoms with E-state index in [1.165, 1.54) is 31.8 Å². The number of amides is 2. The molecule has 0 spiro atoms. The molecule has 1 heterocycles. The molecule has 22 heavy (non-hydrogen) atoms. The number of aliphatic hydroxyl groups excluding tert-OH is 1. The van der Waals surface area contributed by atoms with Gasteiger partial charge in [0, 0.05) is 6.04 Å². The highest BCUT2D eigenvalue weighted by molar-refractivity contribution is 5.96. The number of rotatable bonds is 5. The molecular formula is C15H24N4O3. The number of aliphatic hydroxyl groups is 1. The van der Waals surface area contributed by atoms with Crippen LogP contribution in [0.1, 0.15) is 55.4 Å². The van der Waals surface area contributed by atoms with E-state index in [-0.39, 0.29) is 17.6 Å². The van der Waals surface area contributed by atoms with Crippen LogP contribution in [0.2, 0.25) is 0 Å². The number of aromatic nitrogens is 2. The number of nitrogens with zero attached hydrogens (tertiary/aromatic N) is 1. The summed E-state index contributed by atoms with van der Waals surface area (Å²) in [5, 5.41) is 14.8. The van der Waals surface area contributed by atoms with E-state index in [1.54, 1.807) is 0 Å². The SMILES string of the molecule is O=C(N[C@@H](CO)C(=O)NC1CCCCCCC1)c1cnc[nH]1.